The van der Waals surface area contributed by atoms with Crippen molar-refractivity contribution < 1.29 is 14.3 Å². The van der Waals surface area contributed by atoms with Crippen LogP contribution in [-0.4, -0.2) is 24.2 Å². The van der Waals surface area contributed by atoms with Gasteiger partial charge in [-0.3, -0.25) is 10.1 Å². The predicted molar refractivity (Wildman–Crippen MR) is 107 cm³/mol. The summed E-state index contributed by atoms with van der Waals surface area (Å²) in [5, 5.41) is 5.79. The first-order chi connectivity index (χ1) is 11.9. The van der Waals surface area contributed by atoms with Gasteiger partial charge in [0, 0.05) is 5.56 Å². The summed E-state index contributed by atoms with van der Waals surface area (Å²) in [6, 6.07) is 12.4. The summed E-state index contributed by atoms with van der Waals surface area (Å²) in [5.41, 5.74) is 1.14. The molecule has 0 radical (unpaired) electrons. The molecule has 0 atom stereocenters. The van der Waals surface area contributed by atoms with E-state index >= 15 is 0 Å². The molecule has 0 saturated carbocycles. The average Bonchev–Trinajstić information content (AvgIpc) is 2.56. The molecule has 1 amide bonds. The first kappa shape index (κ1) is 19.2. The van der Waals surface area contributed by atoms with Crippen molar-refractivity contribution >= 4 is 44.9 Å². The Balaban J connectivity index is 2.04. The molecule has 0 bridgehead atoms. The number of nitrogens with one attached hydrogen (secondary N) is 2. The highest BCUT2D eigenvalue weighted by Crippen LogP contribution is 2.27. The lowest BCUT2D eigenvalue weighted by molar-refractivity contribution is 0.0977. The molecule has 2 N–H and O–H groups in total. The molecule has 0 aromatic heterocycles. The van der Waals surface area contributed by atoms with E-state index in [1.807, 2.05) is 32.0 Å². The molecule has 0 aliphatic carbocycles. The number of para-hydroxylation sites is 2. The maximum atomic E-state index is 12.4. The van der Waals surface area contributed by atoms with Gasteiger partial charge in [0.05, 0.1) is 23.4 Å². The van der Waals surface area contributed by atoms with Crippen LogP contribution in [0.5, 0.6) is 11.5 Å². The van der Waals surface area contributed by atoms with Crippen molar-refractivity contribution in [3.05, 3.63) is 52.5 Å². The van der Waals surface area contributed by atoms with Crippen molar-refractivity contribution in [3.8, 4) is 11.5 Å². The van der Waals surface area contributed by atoms with Crippen molar-refractivity contribution in [3.63, 3.8) is 0 Å². The lowest BCUT2D eigenvalue weighted by Crippen LogP contribution is -2.34. The molecule has 7 heteroatoms. The number of benzene rings is 2. The van der Waals surface area contributed by atoms with Crippen LogP contribution in [-0.2, 0) is 0 Å². The molecule has 0 aliphatic heterocycles. The Kier molecular flexibility index (Phi) is 6.78. The second kappa shape index (κ2) is 8.82. The summed E-state index contributed by atoms with van der Waals surface area (Å²) in [5.74, 6) is 1.00. The average molecular weight is 423 g/mol. The number of carbonyl (C=O) groups is 1. The second-order valence-electron chi connectivity index (χ2n) is 5.42. The number of methoxy groups -OCH3 is 1. The number of thiocarbonyl (C=S) groups is 1. The largest absolute Gasteiger partial charge is 0.495 e. The predicted octanol–water partition coefficient (Wildman–Crippen LogP) is 4.37. The minimum absolute atomic E-state index is 0.0496. The minimum atomic E-state index is -0.316. The number of amides is 1. The normalized spacial score (nSPS) is 10.3. The highest BCUT2D eigenvalue weighted by atomic mass is 79.9. The fourth-order valence-corrected chi connectivity index (χ4v) is 2.74. The van der Waals surface area contributed by atoms with Gasteiger partial charge in [-0.2, -0.15) is 0 Å². The van der Waals surface area contributed by atoms with Gasteiger partial charge in [-0.25, -0.2) is 0 Å². The SMILES string of the molecule is COc1ccccc1NC(=S)NC(=O)c1ccc(OC(C)C)c(Br)c1. The van der Waals surface area contributed by atoms with Crippen LogP contribution < -0.4 is 20.1 Å². The molecule has 0 aliphatic rings. The highest BCUT2D eigenvalue weighted by molar-refractivity contribution is 9.10. The smallest absolute Gasteiger partial charge is 0.257 e. The fourth-order valence-electron chi connectivity index (χ4n) is 2.07. The van der Waals surface area contributed by atoms with Gasteiger partial charge in [0.2, 0.25) is 0 Å². The second-order valence-corrected chi connectivity index (χ2v) is 6.68. The highest BCUT2D eigenvalue weighted by Gasteiger charge is 2.12. The number of ether oxygens (including phenoxy) is 2. The maximum absolute atomic E-state index is 12.4. The van der Waals surface area contributed by atoms with E-state index in [0.717, 1.165) is 0 Å². The van der Waals surface area contributed by atoms with Crippen LogP contribution in [0.25, 0.3) is 0 Å². The van der Waals surface area contributed by atoms with E-state index in [-0.39, 0.29) is 17.1 Å². The van der Waals surface area contributed by atoms with Crippen molar-refractivity contribution in [2.75, 3.05) is 12.4 Å². The number of carbonyl (C=O) groups excluding carboxylic acids is 1. The van der Waals surface area contributed by atoms with E-state index in [1.54, 1.807) is 31.4 Å². The molecule has 5 nitrogen and oxygen atoms in total. The van der Waals surface area contributed by atoms with E-state index < -0.39 is 0 Å². The molecule has 0 saturated heterocycles. The lowest BCUT2D eigenvalue weighted by Gasteiger charge is -2.14. The van der Waals surface area contributed by atoms with Crippen LogP contribution in [0.3, 0.4) is 0 Å². The number of halogens is 1. The van der Waals surface area contributed by atoms with Crippen LogP contribution in [0, 0.1) is 0 Å². The summed E-state index contributed by atoms with van der Waals surface area (Å²) in [7, 11) is 1.57. The zero-order chi connectivity index (χ0) is 18.4. The zero-order valence-corrected chi connectivity index (χ0v) is 16.5. The lowest BCUT2D eigenvalue weighted by atomic mass is 10.2. The van der Waals surface area contributed by atoms with Gasteiger partial charge in [0.15, 0.2) is 5.11 Å². The Labute approximate surface area is 160 Å². The molecule has 132 valence electrons. The van der Waals surface area contributed by atoms with E-state index in [1.165, 1.54) is 0 Å². The van der Waals surface area contributed by atoms with Gasteiger partial charge in [-0.05, 0) is 72.3 Å². The topological polar surface area (TPSA) is 59.6 Å². The molecule has 0 unspecified atom stereocenters. The Morgan fingerprint density at radius 1 is 1.16 bits per heavy atom. The molecule has 0 fully saturated rings. The van der Waals surface area contributed by atoms with Gasteiger partial charge in [-0.1, -0.05) is 12.1 Å². The third kappa shape index (κ3) is 5.44. The molecule has 2 aromatic carbocycles. The first-order valence-electron chi connectivity index (χ1n) is 7.62. The quantitative estimate of drug-likeness (QED) is 0.700. The molecule has 0 heterocycles. The van der Waals surface area contributed by atoms with Crippen LogP contribution in [0.15, 0.2) is 46.9 Å². The summed E-state index contributed by atoms with van der Waals surface area (Å²) >= 11 is 8.61. The van der Waals surface area contributed by atoms with Gasteiger partial charge in [-0.15, -0.1) is 0 Å². The minimum Gasteiger partial charge on any atom is -0.495 e. The molecule has 0 spiro atoms. The van der Waals surface area contributed by atoms with Crippen LogP contribution in [0.2, 0.25) is 0 Å². The van der Waals surface area contributed by atoms with Crippen LogP contribution in [0.1, 0.15) is 24.2 Å². The van der Waals surface area contributed by atoms with E-state index in [9.17, 15) is 4.79 Å². The maximum Gasteiger partial charge on any atom is 0.257 e. The van der Waals surface area contributed by atoms with Crippen LogP contribution in [0.4, 0.5) is 5.69 Å². The molecular weight excluding hydrogens is 404 g/mol. The van der Waals surface area contributed by atoms with Crippen molar-refractivity contribution in [1.82, 2.24) is 5.32 Å². The van der Waals surface area contributed by atoms with Crippen molar-refractivity contribution in [2.45, 2.75) is 20.0 Å². The van der Waals surface area contributed by atoms with E-state index in [2.05, 4.69) is 26.6 Å². The number of anilines is 1. The molecule has 2 aromatic rings. The third-order valence-electron chi connectivity index (χ3n) is 3.14. The summed E-state index contributed by atoms with van der Waals surface area (Å²) < 4.78 is 11.6. The summed E-state index contributed by atoms with van der Waals surface area (Å²) in [4.78, 5) is 12.4. The zero-order valence-electron chi connectivity index (χ0n) is 14.1. The molecular formula is C18H19BrN2O3S. The van der Waals surface area contributed by atoms with E-state index in [0.29, 0.717) is 27.2 Å². The van der Waals surface area contributed by atoms with Crippen molar-refractivity contribution in [2.24, 2.45) is 0 Å². The van der Waals surface area contributed by atoms with Gasteiger partial charge >= 0.3 is 0 Å². The fraction of sp³-hybridized carbons (Fsp3) is 0.222. The Bertz CT molecular complexity index is 781. The van der Waals surface area contributed by atoms with E-state index in [4.69, 9.17) is 21.7 Å². The van der Waals surface area contributed by atoms with Gasteiger partial charge in [0.1, 0.15) is 11.5 Å². The number of rotatable bonds is 5. The molecule has 2 rings (SSSR count). The standard InChI is InChI=1S/C18H19BrN2O3S/c1-11(2)24-15-9-8-12(10-13(15)19)17(22)21-18(25)20-14-6-4-5-7-16(14)23-3/h4-11H,1-3H3,(H2,20,21,22,25). The third-order valence-corrected chi connectivity index (χ3v) is 3.96. The number of hydrogen-bond donors (Lipinski definition) is 2. The monoisotopic (exact) mass is 422 g/mol. The molecule has 25 heavy (non-hydrogen) atoms. The Morgan fingerprint density at radius 2 is 1.88 bits per heavy atom. The number of hydrogen-bond acceptors (Lipinski definition) is 4. The summed E-state index contributed by atoms with van der Waals surface area (Å²) in [6.45, 7) is 3.88. The summed E-state index contributed by atoms with van der Waals surface area (Å²) in [6.07, 6.45) is 0.0496. The van der Waals surface area contributed by atoms with Crippen molar-refractivity contribution in [1.29, 1.82) is 0 Å². The van der Waals surface area contributed by atoms with Crippen LogP contribution >= 0.6 is 28.1 Å². The Hall–Kier alpha value is -2.12. The Morgan fingerprint density at radius 3 is 2.52 bits per heavy atom. The van der Waals surface area contributed by atoms with Gasteiger partial charge in [0.25, 0.3) is 5.91 Å². The van der Waals surface area contributed by atoms with Gasteiger partial charge < -0.3 is 14.8 Å². The first-order valence-corrected chi connectivity index (χ1v) is 8.82.